The Balaban J connectivity index is 2.24. The highest BCUT2D eigenvalue weighted by Gasteiger charge is 2.19. The normalized spacial score (nSPS) is 30.0. The summed E-state index contributed by atoms with van der Waals surface area (Å²) < 4.78 is 5.59. The molecule has 1 nitrogen and oxygen atoms in total. The number of thioether (sulfide) groups is 1. The Morgan fingerprint density at radius 2 is 2.50 bits per heavy atom. The molecule has 0 saturated carbocycles. The third-order valence-corrected chi connectivity index (χ3v) is 3.42. The summed E-state index contributed by atoms with van der Waals surface area (Å²) in [7, 11) is 0. The quantitative estimate of drug-likeness (QED) is 0.614. The maximum absolute atomic E-state index is 5.59. The van der Waals surface area contributed by atoms with Gasteiger partial charge in [0.2, 0.25) is 0 Å². The van der Waals surface area contributed by atoms with Gasteiger partial charge in [0.1, 0.15) is 5.44 Å². The topological polar surface area (TPSA) is 9.23 Å². The van der Waals surface area contributed by atoms with E-state index in [-0.39, 0.29) is 0 Å². The van der Waals surface area contributed by atoms with Gasteiger partial charge in [-0.25, -0.2) is 0 Å². The van der Waals surface area contributed by atoms with Gasteiger partial charge in [0, 0.05) is 6.61 Å². The van der Waals surface area contributed by atoms with E-state index in [1.54, 1.807) is 0 Å². The molecule has 0 aromatic heterocycles. The lowest BCUT2D eigenvalue weighted by molar-refractivity contribution is 0.0712. The molecule has 1 saturated heterocycles. The average Bonchev–Trinajstić information content (AvgIpc) is 2.05. The van der Waals surface area contributed by atoms with Crippen LogP contribution in [0.1, 0.15) is 26.7 Å². The molecule has 60 valence electrons. The third-order valence-electron chi connectivity index (χ3n) is 1.96. The minimum absolute atomic E-state index is 0.485. The van der Waals surface area contributed by atoms with Crippen molar-refractivity contribution in [1.82, 2.24) is 0 Å². The average molecular weight is 160 g/mol. The van der Waals surface area contributed by atoms with Gasteiger partial charge in [-0.3, -0.25) is 0 Å². The van der Waals surface area contributed by atoms with E-state index in [2.05, 4.69) is 13.8 Å². The first-order valence-corrected chi connectivity index (χ1v) is 5.12. The van der Waals surface area contributed by atoms with Crippen LogP contribution in [0.15, 0.2) is 0 Å². The van der Waals surface area contributed by atoms with Gasteiger partial charge in [-0.2, -0.15) is 0 Å². The zero-order valence-electron chi connectivity index (χ0n) is 6.80. The van der Waals surface area contributed by atoms with Gasteiger partial charge in [-0.05, 0) is 18.1 Å². The van der Waals surface area contributed by atoms with Crippen LogP contribution < -0.4 is 0 Å². The van der Waals surface area contributed by atoms with Gasteiger partial charge < -0.3 is 4.74 Å². The van der Waals surface area contributed by atoms with Gasteiger partial charge in [0.05, 0.1) is 0 Å². The van der Waals surface area contributed by atoms with Gasteiger partial charge in [0.15, 0.2) is 0 Å². The largest absolute Gasteiger partial charge is 0.367 e. The van der Waals surface area contributed by atoms with Crippen LogP contribution in [0.4, 0.5) is 0 Å². The Morgan fingerprint density at radius 3 is 3.00 bits per heavy atom. The van der Waals surface area contributed by atoms with E-state index in [0.717, 1.165) is 12.5 Å². The summed E-state index contributed by atoms with van der Waals surface area (Å²) in [5.74, 6) is 2.01. The fourth-order valence-corrected chi connectivity index (χ4v) is 2.26. The first-order chi connectivity index (χ1) is 4.84. The molecule has 1 rings (SSSR count). The summed E-state index contributed by atoms with van der Waals surface area (Å²) in [6, 6.07) is 0. The van der Waals surface area contributed by atoms with Crippen molar-refractivity contribution >= 4 is 11.8 Å². The lowest BCUT2D eigenvalue weighted by atomic mass is 10.1. The molecule has 10 heavy (non-hydrogen) atoms. The van der Waals surface area contributed by atoms with Crippen LogP contribution >= 0.6 is 11.8 Å². The summed E-state index contributed by atoms with van der Waals surface area (Å²) in [4.78, 5) is 0. The highest BCUT2D eigenvalue weighted by atomic mass is 32.2. The molecule has 0 N–H and O–H groups in total. The fourth-order valence-electron chi connectivity index (χ4n) is 1.03. The molecule has 0 aromatic rings. The molecule has 2 unspecified atom stereocenters. The maximum atomic E-state index is 5.59. The minimum atomic E-state index is 0.485. The highest BCUT2D eigenvalue weighted by Crippen LogP contribution is 2.27. The van der Waals surface area contributed by atoms with Crippen molar-refractivity contribution < 1.29 is 4.74 Å². The Hall–Kier alpha value is 0.310. The first-order valence-electron chi connectivity index (χ1n) is 4.07. The van der Waals surface area contributed by atoms with Crippen LogP contribution in [0.3, 0.4) is 0 Å². The van der Waals surface area contributed by atoms with Crippen molar-refractivity contribution in [2.75, 3.05) is 12.4 Å². The number of rotatable bonds is 2. The monoisotopic (exact) mass is 160 g/mol. The summed E-state index contributed by atoms with van der Waals surface area (Å²) in [5, 5.41) is 0. The highest BCUT2D eigenvalue weighted by molar-refractivity contribution is 7.99. The number of ether oxygens (including phenoxy) is 1. The van der Waals surface area contributed by atoms with Crippen LogP contribution in [0.25, 0.3) is 0 Å². The van der Waals surface area contributed by atoms with Gasteiger partial charge in [-0.15, -0.1) is 11.8 Å². The van der Waals surface area contributed by atoms with Crippen LogP contribution in [0, 0.1) is 5.92 Å². The SMILES string of the molecule is CCC(C)C1OCCCS1. The van der Waals surface area contributed by atoms with E-state index >= 15 is 0 Å². The standard InChI is InChI=1S/C8H16OS/c1-3-7(2)8-9-5-4-6-10-8/h7-8H,3-6H2,1-2H3. The molecule has 0 amide bonds. The van der Waals surface area contributed by atoms with Gasteiger partial charge in [-0.1, -0.05) is 20.3 Å². The summed E-state index contributed by atoms with van der Waals surface area (Å²) >= 11 is 1.97. The zero-order chi connectivity index (χ0) is 7.40. The molecule has 1 aliphatic heterocycles. The van der Waals surface area contributed by atoms with E-state index in [1.807, 2.05) is 11.8 Å². The van der Waals surface area contributed by atoms with Crippen LogP contribution in [0.2, 0.25) is 0 Å². The van der Waals surface area contributed by atoms with Crippen molar-refractivity contribution in [2.24, 2.45) is 5.92 Å². The van der Waals surface area contributed by atoms with Crippen LogP contribution in [-0.2, 0) is 4.74 Å². The molecule has 0 radical (unpaired) electrons. The van der Waals surface area contributed by atoms with Crippen molar-refractivity contribution in [3.05, 3.63) is 0 Å². The second-order valence-electron chi connectivity index (χ2n) is 2.85. The molecular formula is C8H16OS. The molecule has 1 heterocycles. The summed E-state index contributed by atoms with van der Waals surface area (Å²) in [6.07, 6.45) is 2.47. The van der Waals surface area contributed by atoms with E-state index in [1.165, 1.54) is 18.6 Å². The maximum Gasteiger partial charge on any atom is 0.105 e. The van der Waals surface area contributed by atoms with E-state index < -0.39 is 0 Å². The van der Waals surface area contributed by atoms with Crippen LogP contribution in [-0.4, -0.2) is 17.8 Å². The van der Waals surface area contributed by atoms with E-state index in [4.69, 9.17) is 4.74 Å². The molecule has 0 aromatic carbocycles. The summed E-state index contributed by atoms with van der Waals surface area (Å²) in [6.45, 7) is 5.47. The predicted molar refractivity (Wildman–Crippen MR) is 46.3 cm³/mol. The molecule has 0 bridgehead atoms. The van der Waals surface area contributed by atoms with E-state index in [9.17, 15) is 0 Å². The van der Waals surface area contributed by atoms with Gasteiger partial charge >= 0.3 is 0 Å². The molecule has 0 spiro atoms. The fraction of sp³-hybridized carbons (Fsp3) is 1.00. The lowest BCUT2D eigenvalue weighted by Crippen LogP contribution is -2.23. The minimum Gasteiger partial charge on any atom is -0.367 e. The molecule has 2 atom stereocenters. The lowest BCUT2D eigenvalue weighted by Gasteiger charge is -2.26. The number of hydrogen-bond donors (Lipinski definition) is 0. The molecular weight excluding hydrogens is 144 g/mol. The van der Waals surface area contributed by atoms with Crippen LogP contribution in [0.5, 0.6) is 0 Å². The Bertz CT molecular complexity index is 89.3. The second-order valence-corrected chi connectivity index (χ2v) is 4.06. The second kappa shape index (κ2) is 4.24. The number of hydrogen-bond acceptors (Lipinski definition) is 2. The van der Waals surface area contributed by atoms with Gasteiger partial charge in [0.25, 0.3) is 0 Å². The van der Waals surface area contributed by atoms with Crippen molar-refractivity contribution in [3.8, 4) is 0 Å². The molecule has 1 fully saturated rings. The Kier molecular flexibility index (Phi) is 3.57. The van der Waals surface area contributed by atoms with E-state index in [0.29, 0.717) is 5.44 Å². The smallest absolute Gasteiger partial charge is 0.105 e. The molecule has 1 aliphatic rings. The Morgan fingerprint density at radius 1 is 1.70 bits per heavy atom. The zero-order valence-corrected chi connectivity index (χ0v) is 7.62. The van der Waals surface area contributed by atoms with Crippen molar-refractivity contribution in [1.29, 1.82) is 0 Å². The molecule has 0 aliphatic carbocycles. The summed E-state index contributed by atoms with van der Waals surface area (Å²) in [5.41, 5.74) is 0.485. The third kappa shape index (κ3) is 2.17. The van der Waals surface area contributed by atoms with Crippen molar-refractivity contribution in [2.45, 2.75) is 32.1 Å². The Labute approximate surface area is 67.5 Å². The molecule has 2 heteroatoms. The predicted octanol–water partition coefficient (Wildman–Crippen LogP) is 2.51. The van der Waals surface area contributed by atoms with Crippen molar-refractivity contribution in [3.63, 3.8) is 0 Å². The first kappa shape index (κ1) is 8.41.